The molecule has 1 unspecified atom stereocenters. The van der Waals surface area contributed by atoms with E-state index in [0.29, 0.717) is 47.5 Å². The monoisotopic (exact) mass is 523 g/mol. The van der Waals surface area contributed by atoms with Crippen LogP contribution in [-0.4, -0.2) is 40.4 Å². The lowest BCUT2D eigenvalue weighted by atomic mass is 9.85. The number of fused-ring (bicyclic) bond motifs is 2. The number of ether oxygens (including phenoxy) is 1. The van der Waals surface area contributed by atoms with Crippen LogP contribution in [-0.2, 0) is 11.2 Å². The Balaban J connectivity index is 0.00000144. The predicted molar refractivity (Wildman–Crippen MR) is 144 cm³/mol. The van der Waals surface area contributed by atoms with E-state index in [-0.39, 0.29) is 33.4 Å². The smallest absolute Gasteiger partial charge is 0.160 e. The van der Waals surface area contributed by atoms with Gasteiger partial charge < -0.3 is 14.7 Å². The quantitative estimate of drug-likeness (QED) is 0.307. The number of halogens is 3. The van der Waals surface area contributed by atoms with E-state index < -0.39 is 17.5 Å². The molecule has 1 aromatic heterocycles. The van der Waals surface area contributed by atoms with Gasteiger partial charge in [0.25, 0.3) is 0 Å². The van der Waals surface area contributed by atoms with Gasteiger partial charge in [-0.1, -0.05) is 26.8 Å². The van der Waals surface area contributed by atoms with Crippen molar-refractivity contribution in [3.63, 3.8) is 0 Å². The van der Waals surface area contributed by atoms with Crippen LogP contribution >= 0.6 is 0 Å². The summed E-state index contributed by atoms with van der Waals surface area (Å²) in [6.45, 7) is 9.50. The SMILES string of the molecule is CC.CCc1c(F)ccc2cc(O)cc(-c3c(F)cc4c(N5CCCC6(CCO6)C5)nc(C)nc4c3F)c12. The zero-order valence-electron chi connectivity index (χ0n) is 22.2. The van der Waals surface area contributed by atoms with Gasteiger partial charge >= 0.3 is 0 Å². The van der Waals surface area contributed by atoms with Gasteiger partial charge in [0.05, 0.1) is 17.8 Å². The van der Waals surface area contributed by atoms with Crippen molar-refractivity contribution in [2.75, 3.05) is 24.6 Å². The highest BCUT2D eigenvalue weighted by molar-refractivity contribution is 6.03. The van der Waals surface area contributed by atoms with Crippen molar-refractivity contribution in [2.45, 2.75) is 59.0 Å². The number of aromatic nitrogens is 2. The fourth-order valence-corrected chi connectivity index (χ4v) is 5.81. The van der Waals surface area contributed by atoms with Crippen LogP contribution < -0.4 is 4.90 Å². The lowest BCUT2D eigenvalue weighted by molar-refractivity contribution is -0.151. The molecule has 4 aromatic rings. The van der Waals surface area contributed by atoms with Crippen molar-refractivity contribution in [2.24, 2.45) is 0 Å². The lowest BCUT2D eigenvalue weighted by Gasteiger charge is -2.49. The number of aromatic hydroxyl groups is 1. The summed E-state index contributed by atoms with van der Waals surface area (Å²) in [5.41, 5.74) is -0.142. The minimum atomic E-state index is -0.860. The van der Waals surface area contributed by atoms with E-state index in [1.807, 2.05) is 18.7 Å². The maximum atomic E-state index is 16.2. The summed E-state index contributed by atoms with van der Waals surface area (Å²) in [6, 6.07) is 6.81. The average Bonchev–Trinajstić information content (AvgIpc) is 2.89. The number of rotatable bonds is 3. The number of hydrogen-bond acceptors (Lipinski definition) is 5. The van der Waals surface area contributed by atoms with Crippen LogP contribution in [0.1, 0.15) is 51.4 Å². The molecule has 2 fully saturated rings. The molecule has 2 aliphatic heterocycles. The molecule has 0 saturated carbocycles. The Kier molecular flexibility index (Phi) is 6.94. The fourth-order valence-electron chi connectivity index (χ4n) is 5.81. The van der Waals surface area contributed by atoms with Crippen molar-refractivity contribution >= 4 is 27.5 Å². The minimum absolute atomic E-state index is 0.00556. The third-order valence-electron chi connectivity index (χ3n) is 7.56. The van der Waals surface area contributed by atoms with E-state index in [1.54, 1.807) is 13.8 Å². The zero-order valence-corrected chi connectivity index (χ0v) is 22.2. The molecule has 200 valence electrons. The average molecular weight is 524 g/mol. The molecular formula is C30H32F3N3O2. The van der Waals surface area contributed by atoms with Gasteiger partial charge in [0.15, 0.2) is 5.82 Å². The third kappa shape index (κ3) is 4.25. The van der Waals surface area contributed by atoms with Crippen LogP contribution in [0.25, 0.3) is 32.8 Å². The van der Waals surface area contributed by atoms with Gasteiger partial charge in [-0.15, -0.1) is 0 Å². The summed E-state index contributed by atoms with van der Waals surface area (Å²) in [7, 11) is 0. The summed E-state index contributed by atoms with van der Waals surface area (Å²) >= 11 is 0. The molecule has 2 saturated heterocycles. The second-order valence-corrected chi connectivity index (χ2v) is 9.82. The molecule has 0 bridgehead atoms. The number of aryl methyl sites for hydroxylation is 2. The molecule has 2 aliphatic rings. The zero-order chi connectivity index (χ0) is 27.2. The summed E-state index contributed by atoms with van der Waals surface area (Å²) in [5, 5.41) is 11.5. The van der Waals surface area contributed by atoms with Crippen LogP contribution in [0, 0.1) is 24.4 Å². The summed E-state index contributed by atoms with van der Waals surface area (Å²) < 4.78 is 52.6. The first kappa shape index (κ1) is 26.2. The molecule has 38 heavy (non-hydrogen) atoms. The van der Waals surface area contributed by atoms with Gasteiger partial charge in [0, 0.05) is 24.9 Å². The molecule has 3 heterocycles. The number of anilines is 1. The Morgan fingerprint density at radius 3 is 2.50 bits per heavy atom. The molecule has 1 spiro atoms. The second kappa shape index (κ2) is 10.1. The summed E-state index contributed by atoms with van der Waals surface area (Å²) in [6.07, 6.45) is 3.13. The molecule has 5 nitrogen and oxygen atoms in total. The van der Waals surface area contributed by atoms with E-state index >= 15 is 8.78 Å². The normalized spacial score (nSPS) is 19.0. The van der Waals surface area contributed by atoms with E-state index in [0.717, 1.165) is 25.9 Å². The highest BCUT2D eigenvalue weighted by Gasteiger charge is 2.42. The molecular weight excluding hydrogens is 491 g/mol. The number of phenols is 1. The number of hydrogen-bond donors (Lipinski definition) is 1. The topological polar surface area (TPSA) is 58.5 Å². The predicted octanol–water partition coefficient (Wildman–Crippen LogP) is 7.23. The van der Waals surface area contributed by atoms with E-state index in [1.165, 1.54) is 30.3 Å². The maximum Gasteiger partial charge on any atom is 0.160 e. The summed E-state index contributed by atoms with van der Waals surface area (Å²) in [5.74, 6) is -1.46. The van der Waals surface area contributed by atoms with Crippen molar-refractivity contribution in [1.29, 1.82) is 0 Å². The van der Waals surface area contributed by atoms with Gasteiger partial charge in [0.2, 0.25) is 0 Å². The number of piperidine rings is 1. The van der Waals surface area contributed by atoms with Crippen LogP contribution in [0.3, 0.4) is 0 Å². The Labute approximate surface area is 220 Å². The first-order chi connectivity index (χ1) is 18.3. The van der Waals surface area contributed by atoms with E-state index in [9.17, 15) is 9.50 Å². The van der Waals surface area contributed by atoms with Crippen molar-refractivity contribution in [3.05, 3.63) is 59.2 Å². The van der Waals surface area contributed by atoms with Crippen molar-refractivity contribution < 1.29 is 23.0 Å². The molecule has 1 N–H and O–H groups in total. The minimum Gasteiger partial charge on any atom is -0.508 e. The van der Waals surface area contributed by atoms with E-state index in [4.69, 9.17) is 4.74 Å². The van der Waals surface area contributed by atoms with Gasteiger partial charge in [-0.25, -0.2) is 23.1 Å². The van der Waals surface area contributed by atoms with Gasteiger partial charge in [-0.3, -0.25) is 0 Å². The highest BCUT2D eigenvalue weighted by Crippen LogP contribution is 2.42. The Morgan fingerprint density at radius 2 is 1.82 bits per heavy atom. The number of nitrogens with zero attached hydrogens (tertiary/aromatic N) is 3. The first-order valence-corrected chi connectivity index (χ1v) is 13.3. The van der Waals surface area contributed by atoms with Crippen LogP contribution in [0.5, 0.6) is 5.75 Å². The van der Waals surface area contributed by atoms with Gasteiger partial charge in [-0.05, 0) is 72.4 Å². The largest absolute Gasteiger partial charge is 0.508 e. The molecule has 0 amide bonds. The summed E-state index contributed by atoms with van der Waals surface area (Å²) in [4.78, 5) is 11.0. The van der Waals surface area contributed by atoms with Gasteiger partial charge in [-0.2, -0.15) is 0 Å². The van der Waals surface area contributed by atoms with Crippen LogP contribution in [0.15, 0.2) is 30.3 Å². The molecule has 8 heteroatoms. The molecule has 1 atom stereocenters. The second-order valence-electron chi connectivity index (χ2n) is 9.82. The standard InChI is InChI=1S/C28H26F3N3O2.C2H6/c1-3-18-21(29)6-5-16-11-17(35)12-19(23(16)18)24-22(30)13-20-26(25(24)31)32-15(2)33-27(20)34-9-4-7-28(14-34)8-10-36-28;1-2/h5-6,11-13,35H,3-4,7-10,14H2,1-2H3;1-2H3. The molecule has 6 rings (SSSR count). The van der Waals surface area contributed by atoms with Gasteiger partial charge in [0.1, 0.15) is 34.5 Å². The lowest BCUT2D eigenvalue weighted by Crippen LogP contribution is -2.56. The molecule has 0 radical (unpaired) electrons. The third-order valence-corrected chi connectivity index (χ3v) is 7.56. The fraction of sp³-hybridized carbons (Fsp3) is 0.400. The number of phenolic OH excluding ortho intramolecular Hbond substituents is 1. The number of benzene rings is 3. The molecule has 3 aromatic carbocycles. The Morgan fingerprint density at radius 1 is 1.05 bits per heavy atom. The Hall–Kier alpha value is -3.39. The highest BCUT2D eigenvalue weighted by atomic mass is 19.1. The first-order valence-electron chi connectivity index (χ1n) is 13.3. The van der Waals surface area contributed by atoms with Crippen molar-refractivity contribution in [1.82, 2.24) is 9.97 Å². The van der Waals surface area contributed by atoms with Crippen LogP contribution in [0.2, 0.25) is 0 Å². The Bertz CT molecular complexity index is 1540. The molecule has 0 aliphatic carbocycles. The maximum absolute atomic E-state index is 16.2. The van der Waals surface area contributed by atoms with Crippen molar-refractivity contribution in [3.8, 4) is 16.9 Å². The van der Waals surface area contributed by atoms with E-state index in [2.05, 4.69) is 9.97 Å². The van der Waals surface area contributed by atoms with Crippen LogP contribution in [0.4, 0.5) is 19.0 Å².